The lowest BCUT2D eigenvalue weighted by atomic mass is 10.2. The minimum Gasteiger partial charge on any atom is -0.495 e. The van der Waals surface area contributed by atoms with Crippen LogP contribution in [0.1, 0.15) is 17.3 Å². The number of amides is 1. The van der Waals surface area contributed by atoms with E-state index in [1.807, 2.05) is 0 Å². The molecule has 126 valence electrons. The second kappa shape index (κ2) is 7.70. The average molecular weight is 349 g/mol. The fourth-order valence-electron chi connectivity index (χ4n) is 1.91. The van der Waals surface area contributed by atoms with Gasteiger partial charge in [-0.25, -0.2) is 4.79 Å². The van der Waals surface area contributed by atoms with Crippen molar-refractivity contribution >= 4 is 34.9 Å². The van der Waals surface area contributed by atoms with Crippen LogP contribution in [0, 0.1) is 0 Å². The third-order valence-corrected chi connectivity index (χ3v) is 3.45. The third kappa shape index (κ3) is 4.39. The Bertz CT molecular complexity index is 747. The Morgan fingerprint density at radius 2 is 1.83 bits per heavy atom. The van der Waals surface area contributed by atoms with Gasteiger partial charge in [-0.05, 0) is 49.4 Å². The number of carbonyl (C=O) groups excluding carboxylic acids is 2. The van der Waals surface area contributed by atoms with Crippen LogP contribution in [0.15, 0.2) is 42.5 Å². The number of nitrogens with one attached hydrogen (secondary N) is 1. The predicted molar refractivity (Wildman–Crippen MR) is 92.4 cm³/mol. The summed E-state index contributed by atoms with van der Waals surface area (Å²) in [5, 5.41) is 3.06. The Labute approximate surface area is 144 Å². The number of rotatable bonds is 5. The number of methoxy groups -OCH3 is 1. The highest BCUT2D eigenvalue weighted by Gasteiger charge is 2.20. The maximum atomic E-state index is 12.2. The SMILES string of the molecule is COc1ccc(Cl)cc1NC(=O)[C@@H](C)OC(=O)c1ccc(N)cc1. The number of nitrogen functional groups attached to an aromatic ring is 1. The van der Waals surface area contributed by atoms with Crippen molar-refractivity contribution in [2.75, 3.05) is 18.2 Å². The van der Waals surface area contributed by atoms with Crippen LogP contribution in [-0.2, 0) is 9.53 Å². The molecular weight excluding hydrogens is 332 g/mol. The van der Waals surface area contributed by atoms with Crippen molar-refractivity contribution in [3.8, 4) is 5.75 Å². The molecule has 0 aromatic heterocycles. The predicted octanol–water partition coefficient (Wildman–Crippen LogP) is 3.11. The molecule has 1 amide bonds. The fourth-order valence-corrected chi connectivity index (χ4v) is 2.09. The smallest absolute Gasteiger partial charge is 0.338 e. The highest BCUT2D eigenvalue weighted by Crippen LogP contribution is 2.27. The second-order valence-corrected chi connectivity index (χ2v) is 5.44. The van der Waals surface area contributed by atoms with Gasteiger partial charge in [-0.3, -0.25) is 4.79 Å². The molecule has 0 aliphatic heterocycles. The number of carbonyl (C=O) groups is 2. The van der Waals surface area contributed by atoms with E-state index in [0.717, 1.165) is 0 Å². The molecule has 2 aromatic rings. The standard InChI is InChI=1S/C17H17ClN2O4/c1-10(24-17(22)11-3-6-13(19)7-4-11)16(21)20-14-9-12(18)5-8-15(14)23-2/h3-10H,19H2,1-2H3,(H,20,21)/t10-/m1/s1. The van der Waals surface area contributed by atoms with Gasteiger partial charge >= 0.3 is 5.97 Å². The van der Waals surface area contributed by atoms with Gasteiger partial charge in [0.05, 0.1) is 18.4 Å². The Morgan fingerprint density at radius 1 is 1.17 bits per heavy atom. The summed E-state index contributed by atoms with van der Waals surface area (Å²) in [4.78, 5) is 24.2. The molecule has 1 atom stereocenters. The molecule has 24 heavy (non-hydrogen) atoms. The Morgan fingerprint density at radius 3 is 2.46 bits per heavy atom. The molecule has 7 heteroatoms. The largest absolute Gasteiger partial charge is 0.495 e. The molecule has 3 N–H and O–H groups in total. The minimum absolute atomic E-state index is 0.309. The normalized spacial score (nSPS) is 11.5. The summed E-state index contributed by atoms with van der Waals surface area (Å²) >= 11 is 5.91. The summed E-state index contributed by atoms with van der Waals surface area (Å²) in [6.07, 6.45) is -1.00. The summed E-state index contributed by atoms with van der Waals surface area (Å²) in [5.74, 6) is -0.667. The molecule has 0 saturated carbocycles. The van der Waals surface area contributed by atoms with Crippen molar-refractivity contribution < 1.29 is 19.1 Å². The first-order valence-corrected chi connectivity index (χ1v) is 7.49. The molecule has 0 heterocycles. The summed E-state index contributed by atoms with van der Waals surface area (Å²) in [7, 11) is 1.48. The first kappa shape index (κ1) is 17.6. The highest BCUT2D eigenvalue weighted by molar-refractivity contribution is 6.31. The van der Waals surface area contributed by atoms with Gasteiger partial charge in [-0.1, -0.05) is 11.6 Å². The van der Waals surface area contributed by atoms with Crippen LogP contribution in [-0.4, -0.2) is 25.1 Å². The molecule has 6 nitrogen and oxygen atoms in total. The molecule has 2 aromatic carbocycles. The number of hydrogen-bond donors (Lipinski definition) is 2. The van der Waals surface area contributed by atoms with Crippen molar-refractivity contribution in [3.05, 3.63) is 53.1 Å². The van der Waals surface area contributed by atoms with E-state index in [2.05, 4.69) is 5.32 Å². The summed E-state index contributed by atoms with van der Waals surface area (Å²) in [6, 6.07) is 11.0. The van der Waals surface area contributed by atoms with Gasteiger partial charge in [0.2, 0.25) is 0 Å². The van der Waals surface area contributed by atoms with E-state index in [4.69, 9.17) is 26.8 Å². The minimum atomic E-state index is -1.00. The lowest BCUT2D eigenvalue weighted by molar-refractivity contribution is -0.123. The lowest BCUT2D eigenvalue weighted by Gasteiger charge is -2.15. The topological polar surface area (TPSA) is 90.6 Å². The van der Waals surface area contributed by atoms with Crippen LogP contribution >= 0.6 is 11.6 Å². The van der Waals surface area contributed by atoms with E-state index in [0.29, 0.717) is 27.7 Å². The summed E-state index contributed by atoms with van der Waals surface area (Å²) < 4.78 is 10.3. The number of esters is 1. The first-order chi connectivity index (χ1) is 11.4. The zero-order chi connectivity index (χ0) is 17.7. The zero-order valence-corrected chi connectivity index (χ0v) is 14.0. The van der Waals surface area contributed by atoms with Crippen molar-refractivity contribution in [3.63, 3.8) is 0 Å². The van der Waals surface area contributed by atoms with Crippen molar-refractivity contribution in [2.24, 2.45) is 0 Å². The molecule has 0 fully saturated rings. The van der Waals surface area contributed by atoms with Crippen LogP contribution in [0.5, 0.6) is 5.75 Å². The number of ether oxygens (including phenoxy) is 2. The summed E-state index contributed by atoms with van der Waals surface area (Å²) in [6.45, 7) is 1.47. The van der Waals surface area contributed by atoms with Gasteiger partial charge in [0.1, 0.15) is 5.75 Å². The number of halogens is 1. The van der Waals surface area contributed by atoms with Crippen LogP contribution in [0.3, 0.4) is 0 Å². The number of anilines is 2. The van der Waals surface area contributed by atoms with E-state index < -0.39 is 18.0 Å². The monoisotopic (exact) mass is 348 g/mol. The van der Waals surface area contributed by atoms with Gasteiger partial charge in [-0.15, -0.1) is 0 Å². The van der Waals surface area contributed by atoms with Crippen LogP contribution in [0.4, 0.5) is 11.4 Å². The Hall–Kier alpha value is -2.73. The molecule has 0 bridgehead atoms. The average Bonchev–Trinajstić information content (AvgIpc) is 2.55. The Kier molecular flexibility index (Phi) is 5.65. The third-order valence-electron chi connectivity index (χ3n) is 3.22. The van der Waals surface area contributed by atoms with Crippen molar-refractivity contribution in [1.82, 2.24) is 0 Å². The van der Waals surface area contributed by atoms with Crippen LogP contribution in [0.2, 0.25) is 5.02 Å². The maximum absolute atomic E-state index is 12.2. The van der Waals surface area contributed by atoms with Crippen LogP contribution < -0.4 is 15.8 Å². The fraction of sp³-hybridized carbons (Fsp3) is 0.176. The van der Waals surface area contributed by atoms with Gasteiger partial charge in [0, 0.05) is 10.7 Å². The molecule has 0 aliphatic carbocycles. The van der Waals surface area contributed by atoms with Gasteiger partial charge in [0.15, 0.2) is 6.10 Å². The van der Waals surface area contributed by atoms with E-state index in [1.165, 1.54) is 26.2 Å². The molecule has 0 aliphatic rings. The quantitative estimate of drug-likeness (QED) is 0.640. The maximum Gasteiger partial charge on any atom is 0.338 e. The van der Waals surface area contributed by atoms with E-state index in [1.54, 1.807) is 30.3 Å². The number of nitrogens with two attached hydrogens (primary N) is 1. The van der Waals surface area contributed by atoms with E-state index in [-0.39, 0.29) is 0 Å². The van der Waals surface area contributed by atoms with Gasteiger partial charge < -0.3 is 20.5 Å². The van der Waals surface area contributed by atoms with Crippen molar-refractivity contribution in [1.29, 1.82) is 0 Å². The lowest BCUT2D eigenvalue weighted by Crippen LogP contribution is -2.30. The van der Waals surface area contributed by atoms with Crippen molar-refractivity contribution in [2.45, 2.75) is 13.0 Å². The molecule has 0 unspecified atom stereocenters. The molecule has 0 spiro atoms. The molecule has 0 radical (unpaired) electrons. The van der Waals surface area contributed by atoms with E-state index in [9.17, 15) is 9.59 Å². The molecule has 2 rings (SSSR count). The van der Waals surface area contributed by atoms with E-state index >= 15 is 0 Å². The van der Waals surface area contributed by atoms with Crippen LogP contribution in [0.25, 0.3) is 0 Å². The Balaban J connectivity index is 2.03. The summed E-state index contributed by atoms with van der Waals surface area (Å²) in [5.41, 5.74) is 6.80. The highest BCUT2D eigenvalue weighted by atomic mass is 35.5. The van der Waals surface area contributed by atoms with Gasteiger partial charge in [-0.2, -0.15) is 0 Å². The second-order valence-electron chi connectivity index (χ2n) is 5.00. The zero-order valence-electron chi connectivity index (χ0n) is 13.2. The number of hydrogen-bond acceptors (Lipinski definition) is 5. The first-order valence-electron chi connectivity index (χ1n) is 7.11. The van der Waals surface area contributed by atoms with Gasteiger partial charge in [0.25, 0.3) is 5.91 Å². The molecular formula is C17H17ClN2O4. The molecule has 0 saturated heterocycles. The number of benzene rings is 2.